The Morgan fingerprint density at radius 1 is 1.38 bits per heavy atom. The highest BCUT2D eigenvalue weighted by atomic mass is 16.6. The van der Waals surface area contributed by atoms with Crippen LogP contribution in [0, 0.1) is 10.1 Å². The van der Waals surface area contributed by atoms with E-state index in [1.54, 1.807) is 4.90 Å². The van der Waals surface area contributed by atoms with Gasteiger partial charge in [-0.25, -0.2) is 0 Å². The molecule has 1 aromatic carbocycles. The first-order valence-electron chi connectivity index (χ1n) is 6.69. The Balaban J connectivity index is 2.32. The molecule has 1 aliphatic heterocycles. The fraction of sp³-hybridized carbons (Fsp3) is 0.500. The molecule has 2 unspecified atom stereocenters. The summed E-state index contributed by atoms with van der Waals surface area (Å²) in [6.07, 6.45) is -0.134. The molecule has 0 saturated carbocycles. The van der Waals surface area contributed by atoms with Gasteiger partial charge >= 0.3 is 0 Å². The molecule has 114 valence electrons. The lowest BCUT2D eigenvalue weighted by Crippen LogP contribution is -2.48. The second kappa shape index (κ2) is 6.09. The van der Waals surface area contributed by atoms with Crippen molar-refractivity contribution in [3.05, 3.63) is 33.9 Å². The fourth-order valence-electron chi connectivity index (χ4n) is 2.49. The number of nitro benzene ring substituents is 1. The van der Waals surface area contributed by atoms with Crippen molar-refractivity contribution in [1.82, 2.24) is 4.90 Å². The summed E-state index contributed by atoms with van der Waals surface area (Å²) < 4.78 is 10.7. The smallest absolute Gasteiger partial charge is 0.270 e. The molecule has 1 aromatic rings. The van der Waals surface area contributed by atoms with E-state index in [1.165, 1.54) is 25.3 Å². The number of nitro groups is 1. The van der Waals surface area contributed by atoms with Crippen LogP contribution in [0.1, 0.15) is 24.2 Å². The highest BCUT2D eigenvalue weighted by molar-refractivity contribution is 5.97. The zero-order chi connectivity index (χ0) is 15.6. The normalized spacial score (nSPS) is 22.0. The Bertz CT molecular complexity index is 550. The quantitative estimate of drug-likeness (QED) is 0.627. The zero-order valence-corrected chi connectivity index (χ0v) is 12.2. The van der Waals surface area contributed by atoms with Crippen LogP contribution in [0.2, 0.25) is 0 Å². The fourth-order valence-corrected chi connectivity index (χ4v) is 2.49. The van der Waals surface area contributed by atoms with E-state index in [1.807, 2.05) is 13.8 Å². The molecular formula is C14H18N2O5. The molecule has 0 spiro atoms. The van der Waals surface area contributed by atoms with Gasteiger partial charge in [-0.2, -0.15) is 0 Å². The van der Waals surface area contributed by atoms with Crippen molar-refractivity contribution in [3.63, 3.8) is 0 Å². The Kier molecular flexibility index (Phi) is 4.42. The maximum absolute atomic E-state index is 12.6. The minimum absolute atomic E-state index is 0.0672. The molecule has 0 bridgehead atoms. The van der Waals surface area contributed by atoms with Crippen LogP contribution >= 0.6 is 0 Å². The van der Waals surface area contributed by atoms with E-state index in [9.17, 15) is 14.9 Å². The molecule has 1 fully saturated rings. The maximum Gasteiger partial charge on any atom is 0.270 e. The third-order valence-electron chi connectivity index (χ3n) is 3.33. The van der Waals surface area contributed by atoms with Crippen LogP contribution < -0.4 is 4.74 Å². The van der Waals surface area contributed by atoms with Crippen molar-refractivity contribution in [2.75, 3.05) is 20.2 Å². The van der Waals surface area contributed by atoms with Gasteiger partial charge in [0.1, 0.15) is 5.75 Å². The van der Waals surface area contributed by atoms with E-state index in [4.69, 9.17) is 9.47 Å². The summed E-state index contributed by atoms with van der Waals surface area (Å²) >= 11 is 0. The zero-order valence-electron chi connectivity index (χ0n) is 12.2. The van der Waals surface area contributed by atoms with Crippen LogP contribution in [0.4, 0.5) is 5.69 Å². The van der Waals surface area contributed by atoms with Gasteiger partial charge in [0.25, 0.3) is 11.6 Å². The average Bonchev–Trinajstić information content (AvgIpc) is 2.44. The number of amides is 1. The van der Waals surface area contributed by atoms with Crippen LogP contribution in [-0.4, -0.2) is 48.1 Å². The summed E-state index contributed by atoms with van der Waals surface area (Å²) in [6.45, 7) is 4.69. The lowest BCUT2D eigenvalue weighted by Gasteiger charge is -2.35. The van der Waals surface area contributed by atoms with E-state index in [0.717, 1.165) is 0 Å². The van der Waals surface area contributed by atoms with Crippen molar-refractivity contribution in [1.29, 1.82) is 0 Å². The van der Waals surface area contributed by atoms with E-state index in [-0.39, 0.29) is 29.4 Å². The Morgan fingerprint density at radius 2 is 2.00 bits per heavy atom. The Labute approximate surface area is 122 Å². The SMILES string of the molecule is COc1ccc([N+](=O)[O-])cc1C(=O)N1CC(C)OC(C)C1. The topological polar surface area (TPSA) is 81.9 Å². The van der Waals surface area contributed by atoms with Crippen molar-refractivity contribution in [3.8, 4) is 5.75 Å². The first-order valence-corrected chi connectivity index (χ1v) is 6.69. The molecule has 0 N–H and O–H groups in total. The number of carbonyl (C=O) groups excluding carboxylic acids is 1. The molecule has 2 atom stereocenters. The molecule has 1 saturated heterocycles. The number of hydrogen-bond donors (Lipinski definition) is 0. The van der Waals surface area contributed by atoms with E-state index in [2.05, 4.69) is 0 Å². The van der Waals surface area contributed by atoms with Gasteiger partial charge in [-0.1, -0.05) is 0 Å². The van der Waals surface area contributed by atoms with Crippen LogP contribution in [0.15, 0.2) is 18.2 Å². The van der Waals surface area contributed by atoms with Crippen molar-refractivity contribution in [2.24, 2.45) is 0 Å². The largest absolute Gasteiger partial charge is 0.496 e. The molecule has 1 amide bonds. The molecule has 1 aliphatic rings. The highest BCUT2D eigenvalue weighted by Gasteiger charge is 2.29. The minimum atomic E-state index is -0.527. The van der Waals surface area contributed by atoms with E-state index in [0.29, 0.717) is 18.8 Å². The van der Waals surface area contributed by atoms with E-state index >= 15 is 0 Å². The highest BCUT2D eigenvalue weighted by Crippen LogP contribution is 2.26. The number of carbonyl (C=O) groups is 1. The van der Waals surface area contributed by atoms with Crippen molar-refractivity contribution >= 4 is 11.6 Å². The second-order valence-electron chi connectivity index (χ2n) is 5.11. The van der Waals surface area contributed by atoms with Gasteiger partial charge in [-0.05, 0) is 19.9 Å². The number of non-ortho nitro benzene ring substituents is 1. The summed E-state index contributed by atoms with van der Waals surface area (Å²) in [4.78, 5) is 24.6. The van der Waals surface area contributed by atoms with Gasteiger partial charge in [0.15, 0.2) is 0 Å². The van der Waals surface area contributed by atoms with Gasteiger partial charge in [-0.3, -0.25) is 14.9 Å². The van der Waals surface area contributed by atoms with Crippen LogP contribution in [0.5, 0.6) is 5.75 Å². The number of hydrogen-bond acceptors (Lipinski definition) is 5. The first kappa shape index (κ1) is 15.2. The lowest BCUT2D eigenvalue weighted by molar-refractivity contribution is -0.384. The van der Waals surface area contributed by atoms with Crippen molar-refractivity contribution in [2.45, 2.75) is 26.1 Å². The summed E-state index contributed by atoms with van der Waals surface area (Å²) in [5, 5.41) is 10.9. The molecular weight excluding hydrogens is 276 g/mol. The van der Waals surface area contributed by atoms with Gasteiger partial charge in [0.05, 0.1) is 29.8 Å². The molecule has 7 nitrogen and oxygen atoms in total. The van der Waals surface area contributed by atoms with Crippen LogP contribution in [0.25, 0.3) is 0 Å². The summed E-state index contributed by atoms with van der Waals surface area (Å²) in [6, 6.07) is 4.02. The first-order chi connectivity index (χ1) is 9.92. The summed E-state index contributed by atoms with van der Waals surface area (Å²) in [5.41, 5.74) is 0.0708. The van der Waals surface area contributed by atoms with Gasteiger partial charge in [-0.15, -0.1) is 0 Å². The monoisotopic (exact) mass is 294 g/mol. The maximum atomic E-state index is 12.6. The molecule has 0 radical (unpaired) electrons. The number of ether oxygens (including phenoxy) is 2. The van der Waals surface area contributed by atoms with Gasteiger partial charge in [0, 0.05) is 25.2 Å². The number of morpholine rings is 1. The Morgan fingerprint density at radius 3 is 2.52 bits per heavy atom. The van der Waals surface area contributed by atoms with E-state index < -0.39 is 4.92 Å². The predicted molar refractivity (Wildman–Crippen MR) is 75.6 cm³/mol. The molecule has 0 aromatic heterocycles. The van der Waals surface area contributed by atoms with Gasteiger partial charge in [0.2, 0.25) is 0 Å². The average molecular weight is 294 g/mol. The molecule has 7 heteroatoms. The van der Waals surface area contributed by atoms with Gasteiger partial charge < -0.3 is 14.4 Å². The third-order valence-corrected chi connectivity index (χ3v) is 3.33. The van der Waals surface area contributed by atoms with Crippen LogP contribution in [-0.2, 0) is 4.74 Å². The number of methoxy groups -OCH3 is 1. The molecule has 21 heavy (non-hydrogen) atoms. The number of nitrogens with zero attached hydrogens (tertiary/aromatic N) is 2. The molecule has 2 rings (SSSR count). The predicted octanol–water partition coefficient (Wildman–Crippen LogP) is 1.85. The summed E-state index contributed by atoms with van der Waals surface area (Å²) in [5.74, 6) is 0.0509. The van der Waals surface area contributed by atoms with Crippen LogP contribution in [0.3, 0.4) is 0 Å². The second-order valence-corrected chi connectivity index (χ2v) is 5.11. The Hall–Kier alpha value is -2.15. The third kappa shape index (κ3) is 3.30. The lowest BCUT2D eigenvalue weighted by atomic mass is 10.1. The standard InChI is InChI=1S/C14H18N2O5/c1-9-7-15(8-10(2)21-9)14(17)12-6-11(16(18)19)4-5-13(12)20-3/h4-6,9-10H,7-8H2,1-3H3. The molecule has 0 aliphatic carbocycles. The number of benzene rings is 1. The molecule has 1 heterocycles. The minimum Gasteiger partial charge on any atom is -0.496 e. The van der Waals surface area contributed by atoms with Crippen molar-refractivity contribution < 1.29 is 19.2 Å². The number of rotatable bonds is 3. The summed E-state index contributed by atoms with van der Waals surface area (Å²) in [7, 11) is 1.43.